The third kappa shape index (κ3) is 3.51. The van der Waals surface area contributed by atoms with Gasteiger partial charge in [-0.1, -0.05) is 66.7 Å². The molecular weight excluding hydrogens is 374 g/mol. The molecular formula is C30H27N. The molecule has 4 aromatic rings. The van der Waals surface area contributed by atoms with E-state index in [1.54, 1.807) is 0 Å². The van der Waals surface area contributed by atoms with Crippen molar-refractivity contribution in [2.45, 2.75) is 34.1 Å². The molecule has 5 rings (SSSR count). The van der Waals surface area contributed by atoms with Gasteiger partial charge < -0.3 is 0 Å². The second-order valence-electron chi connectivity index (χ2n) is 8.68. The highest BCUT2D eigenvalue weighted by molar-refractivity contribution is 6.05. The van der Waals surface area contributed by atoms with Crippen molar-refractivity contribution < 1.29 is 0 Å². The van der Waals surface area contributed by atoms with E-state index in [4.69, 9.17) is 4.98 Å². The molecule has 0 spiro atoms. The van der Waals surface area contributed by atoms with Gasteiger partial charge in [-0.2, -0.15) is 0 Å². The van der Waals surface area contributed by atoms with E-state index in [9.17, 15) is 0 Å². The first kappa shape index (κ1) is 19.5. The molecule has 152 valence electrons. The molecule has 0 atom stereocenters. The number of rotatable bonds is 2. The van der Waals surface area contributed by atoms with Crippen molar-refractivity contribution in [1.29, 1.82) is 0 Å². The Labute approximate surface area is 184 Å². The van der Waals surface area contributed by atoms with Crippen LogP contribution in [-0.2, 0) is 0 Å². The van der Waals surface area contributed by atoms with Crippen LogP contribution in [0.3, 0.4) is 0 Å². The van der Waals surface area contributed by atoms with Gasteiger partial charge in [-0.05, 0) is 85.2 Å². The Morgan fingerprint density at radius 2 is 1.48 bits per heavy atom. The normalized spacial score (nSPS) is 14.3. The summed E-state index contributed by atoms with van der Waals surface area (Å²) in [7, 11) is 0. The summed E-state index contributed by atoms with van der Waals surface area (Å²) in [6, 6.07) is 22.1. The highest BCUT2D eigenvalue weighted by atomic mass is 14.7. The van der Waals surface area contributed by atoms with Crippen LogP contribution in [0, 0.1) is 27.7 Å². The van der Waals surface area contributed by atoms with E-state index in [0.717, 1.165) is 17.6 Å². The number of hydrogen-bond acceptors (Lipinski definition) is 1. The standard InChI is InChI=1S/C30H27N/c1-19-12-14-23(16-21(19)3)18-24-8-7-11-28-30(24)29(25-15-13-20(2)22(4)17-25)26-9-5-6-10-27(26)31-28/h5-7,9-18H,8H2,1-4H3. The van der Waals surface area contributed by atoms with Gasteiger partial charge in [0, 0.05) is 16.5 Å². The summed E-state index contributed by atoms with van der Waals surface area (Å²) in [6.45, 7) is 8.72. The van der Waals surface area contributed by atoms with Crippen LogP contribution in [0.4, 0.5) is 0 Å². The summed E-state index contributed by atoms with van der Waals surface area (Å²) in [5.41, 5.74) is 13.8. The number of allylic oxidation sites excluding steroid dienone is 2. The molecule has 0 N–H and O–H groups in total. The third-order valence-electron chi connectivity index (χ3n) is 6.52. The van der Waals surface area contributed by atoms with Crippen LogP contribution in [0.2, 0.25) is 0 Å². The summed E-state index contributed by atoms with van der Waals surface area (Å²) >= 11 is 0. The highest BCUT2D eigenvalue weighted by Crippen LogP contribution is 2.41. The molecule has 3 aromatic carbocycles. The number of pyridine rings is 1. The number of fused-ring (bicyclic) bond motifs is 2. The molecule has 0 amide bonds. The van der Waals surface area contributed by atoms with Crippen molar-refractivity contribution in [3.63, 3.8) is 0 Å². The Morgan fingerprint density at radius 3 is 2.26 bits per heavy atom. The number of hydrogen-bond donors (Lipinski definition) is 0. The first-order chi connectivity index (χ1) is 15.0. The minimum Gasteiger partial charge on any atom is -0.248 e. The molecule has 0 saturated carbocycles. The van der Waals surface area contributed by atoms with E-state index < -0.39 is 0 Å². The topological polar surface area (TPSA) is 12.9 Å². The van der Waals surface area contributed by atoms with Gasteiger partial charge in [0.2, 0.25) is 0 Å². The van der Waals surface area contributed by atoms with Crippen LogP contribution < -0.4 is 0 Å². The predicted octanol–water partition coefficient (Wildman–Crippen LogP) is 8.09. The van der Waals surface area contributed by atoms with E-state index in [1.165, 1.54) is 55.5 Å². The Hall–Kier alpha value is -3.45. The fourth-order valence-corrected chi connectivity index (χ4v) is 4.46. The van der Waals surface area contributed by atoms with Crippen molar-refractivity contribution in [2.24, 2.45) is 0 Å². The smallest absolute Gasteiger partial charge is 0.0715 e. The van der Waals surface area contributed by atoms with Crippen LogP contribution in [0.15, 0.2) is 66.7 Å². The second-order valence-corrected chi connectivity index (χ2v) is 8.68. The molecule has 1 aliphatic carbocycles. The average Bonchev–Trinajstić information content (AvgIpc) is 2.77. The molecule has 0 fully saturated rings. The molecule has 0 bridgehead atoms. The first-order valence-electron chi connectivity index (χ1n) is 11.0. The Kier molecular flexibility index (Phi) is 4.82. The Bertz CT molecular complexity index is 1390. The van der Waals surface area contributed by atoms with Gasteiger partial charge in [-0.3, -0.25) is 0 Å². The van der Waals surface area contributed by atoms with Crippen LogP contribution in [0.5, 0.6) is 0 Å². The molecule has 0 unspecified atom stereocenters. The van der Waals surface area contributed by atoms with Crippen molar-refractivity contribution in [2.75, 3.05) is 0 Å². The van der Waals surface area contributed by atoms with Gasteiger partial charge in [0.1, 0.15) is 0 Å². The largest absolute Gasteiger partial charge is 0.248 e. The number of nitrogens with zero attached hydrogens (tertiary/aromatic N) is 1. The van der Waals surface area contributed by atoms with Crippen LogP contribution >= 0.6 is 0 Å². The minimum atomic E-state index is 0.914. The number of aromatic nitrogens is 1. The quantitative estimate of drug-likeness (QED) is 0.331. The van der Waals surface area contributed by atoms with Crippen molar-refractivity contribution in [3.8, 4) is 11.1 Å². The lowest BCUT2D eigenvalue weighted by molar-refractivity contribution is 1.27. The van der Waals surface area contributed by atoms with E-state index >= 15 is 0 Å². The predicted molar refractivity (Wildman–Crippen MR) is 134 cm³/mol. The highest BCUT2D eigenvalue weighted by Gasteiger charge is 2.20. The molecule has 0 saturated heterocycles. The van der Waals surface area contributed by atoms with E-state index in [1.807, 2.05) is 0 Å². The van der Waals surface area contributed by atoms with E-state index in [-0.39, 0.29) is 0 Å². The maximum absolute atomic E-state index is 5.04. The van der Waals surface area contributed by atoms with Crippen LogP contribution in [-0.4, -0.2) is 4.98 Å². The zero-order valence-electron chi connectivity index (χ0n) is 18.7. The first-order valence-corrected chi connectivity index (χ1v) is 11.0. The number of para-hydroxylation sites is 1. The monoisotopic (exact) mass is 401 g/mol. The summed E-state index contributed by atoms with van der Waals surface area (Å²) in [5.74, 6) is 0. The molecule has 31 heavy (non-hydrogen) atoms. The fourth-order valence-electron chi connectivity index (χ4n) is 4.46. The van der Waals surface area contributed by atoms with E-state index in [0.29, 0.717) is 0 Å². The number of benzene rings is 3. The fraction of sp³-hybridized carbons (Fsp3) is 0.167. The van der Waals surface area contributed by atoms with Crippen molar-refractivity contribution in [1.82, 2.24) is 4.98 Å². The van der Waals surface area contributed by atoms with Gasteiger partial charge in [0.25, 0.3) is 0 Å². The van der Waals surface area contributed by atoms with Crippen molar-refractivity contribution >= 4 is 28.6 Å². The maximum Gasteiger partial charge on any atom is 0.0715 e. The number of aryl methyl sites for hydroxylation is 4. The van der Waals surface area contributed by atoms with Gasteiger partial charge in [0.15, 0.2) is 0 Å². The third-order valence-corrected chi connectivity index (χ3v) is 6.52. The summed E-state index contributed by atoms with van der Waals surface area (Å²) in [5, 5.41) is 1.21. The zero-order chi connectivity index (χ0) is 21.5. The van der Waals surface area contributed by atoms with Crippen molar-refractivity contribution in [3.05, 3.63) is 106 Å². The molecule has 0 aliphatic heterocycles. The minimum absolute atomic E-state index is 0.914. The van der Waals surface area contributed by atoms with Gasteiger partial charge in [0.05, 0.1) is 11.2 Å². The second kappa shape index (κ2) is 7.67. The van der Waals surface area contributed by atoms with Gasteiger partial charge >= 0.3 is 0 Å². The molecule has 1 heterocycles. The Balaban J connectivity index is 1.82. The lowest BCUT2D eigenvalue weighted by atomic mass is 9.84. The Morgan fingerprint density at radius 1 is 0.742 bits per heavy atom. The molecule has 0 radical (unpaired) electrons. The van der Waals surface area contributed by atoms with Gasteiger partial charge in [-0.15, -0.1) is 0 Å². The van der Waals surface area contributed by atoms with Crippen LogP contribution in [0.25, 0.3) is 39.8 Å². The lowest BCUT2D eigenvalue weighted by Crippen LogP contribution is -2.02. The summed E-state index contributed by atoms with van der Waals surface area (Å²) < 4.78 is 0. The SMILES string of the molecule is Cc1ccc(C=C2CC=Cc3nc4ccccc4c(-c4ccc(C)c(C)c4)c32)cc1C. The molecule has 1 aliphatic rings. The van der Waals surface area contributed by atoms with E-state index in [2.05, 4.69) is 107 Å². The maximum atomic E-state index is 5.04. The molecule has 1 nitrogen and oxygen atoms in total. The summed E-state index contributed by atoms with van der Waals surface area (Å²) in [4.78, 5) is 5.04. The zero-order valence-corrected chi connectivity index (χ0v) is 18.7. The molecule has 1 aromatic heterocycles. The molecule has 1 heteroatoms. The van der Waals surface area contributed by atoms with Gasteiger partial charge in [-0.25, -0.2) is 4.98 Å². The lowest BCUT2D eigenvalue weighted by Gasteiger charge is -2.21. The summed E-state index contributed by atoms with van der Waals surface area (Å²) in [6.07, 6.45) is 7.68. The average molecular weight is 402 g/mol. The van der Waals surface area contributed by atoms with Crippen LogP contribution in [0.1, 0.15) is 45.5 Å².